The average Bonchev–Trinajstić information content (AvgIpc) is 3.03. The molecule has 2 aromatic heterocycles. The Kier molecular flexibility index (Phi) is 5.43. The molecule has 0 saturated heterocycles. The number of rotatable bonds is 7. The van der Waals surface area contributed by atoms with Crippen LogP contribution in [0.5, 0.6) is 0 Å². The van der Waals surface area contributed by atoms with E-state index < -0.39 is 0 Å². The Balaban J connectivity index is 2.12. The van der Waals surface area contributed by atoms with Gasteiger partial charge in [0.1, 0.15) is 0 Å². The van der Waals surface area contributed by atoms with E-state index in [9.17, 15) is 0 Å². The lowest BCUT2D eigenvalue weighted by molar-refractivity contribution is 0.485. The summed E-state index contributed by atoms with van der Waals surface area (Å²) in [5.41, 5.74) is 2.25. The highest BCUT2D eigenvalue weighted by molar-refractivity contribution is 9.10. The molecule has 110 valence electrons. The van der Waals surface area contributed by atoms with Gasteiger partial charge in [-0.1, -0.05) is 6.92 Å². The van der Waals surface area contributed by atoms with Crippen LogP contribution in [0.4, 0.5) is 0 Å². The van der Waals surface area contributed by atoms with Crippen molar-refractivity contribution in [1.82, 2.24) is 15.1 Å². The maximum atomic E-state index is 5.36. The Bertz CT molecular complexity index is 533. The van der Waals surface area contributed by atoms with Gasteiger partial charge >= 0.3 is 0 Å². The minimum Gasteiger partial charge on any atom is -0.457 e. The summed E-state index contributed by atoms with van der Waals surface area (Å²) in [6.45, 7) is 7.42. The molecule has 1 atom stereocenters. The number of hydrogen-bond donors (Lipinski definition) is 1. The van der Waals surface area contributed by atoms with Gasteiger partial charge in [0, 0.05) is 30.3 Å². The molecule has 0 amide bonds. The van der Waals surface area contributed by atoms with Gasteiger partial charge in [-0.3, -0.25) is 4.68 Å². The molecule has 0 aliphatic carbocycles. The standard InChI is InChI=1S/C15H22BrN3O/c1-4-7-17-14(13-6-9-20-15(13)16)10-12-5-8-19(18-12)11(2)3/h5-6,8-9,11,14,17H,4,7,10H2,1-3H3. The zero-order valence-corrected chi connectivity index (χ0v) is 13.9. The number of aromatic nitrogens is 2. The second kappa shape index (κ2) is 7.09. The van der Waals surface area contributed by atoms with Crippen molar-refractivity contribution < 1.29 is 4.42 Å². The van der Waals surface area contributed by atoms with Crippen molar-refractivity contribution >= 4 is 15.9 Å². The zero-order valence-electron chi connectivity index (χ0n) is 12.3. The van der Waals surface area contributed by atoms with Crippen molar-refractivity contribution in [2.24, 2.45) is 0 Å². The molecule has 2 heterocycles. The smallest absolute Gasteiger partial charge is 0.173 e. The van der Waals surface area contributed by atoms with Gasteiger partial charge in [-0.05, 0) is 54.9 Å². The quantitative estimate of drug-likeness (QED) is 0.825. The van der Waals surface area contributed by atoms with E-state index in [0.717, 1.165) is 35.3 Å². The van der Waals surface area contributed by atoms with E-state index in [1.807, 2.05) is 16.9 Å². The molecular weight excluding hydrogens is 318 g/mol. The van der Waals surface area contributed by atoms with Crippen molar-refractivity contribution in [3.05, 3.63) is 40.5 Å². The van der Waals surface area contributed by atoms with E-state index >= 15 is 0 Å². The summed E-state index contributed by atoms with van der Waals surface area (Å²) >= 11 is 3.47. The molecule has 2 aromatic rings. The maximum Gasteiger partial charge on any atom is 0.173 e. The molecule has 1 N–H and O–H groups in total. The largest absolute Gasteiger partial charge is 0.457 e. The van der Waals surface area contributed by atoms with Gasteiger partial charge in [-0.15, -0.1) is 0 Å². The van der Waals surface area contributed by atoms with Crippen LogP contribution in [0, 0.1) is 0 Å². The topological polar surface area (TPSA) is 43.0 Å². The summed E-state index contributed by atoms with van der Waals surface area (Å²) in [5.74, 6) is 0. The van der Waals surface area contributed by atoms with Crippen LogP contribution in [0.15, 0.2) is 33.7 Å². The minimum absolute atomic E-state index is 0.221. The van der Waals surface area contributed by atoms with Gasteiger partial charge < -0.3 is 9.73 Å². The second-order valence-corrected chi connectivity index (χ2v) is 5.96. The first-order valence-electron chi connectivity index (χ1n) is 7.12. The number of nitrogens with zero attached hydrogens (tertiary/aromatic N) is 2. The first-order valence-corrected chi connectivity index (χ1v) is 7.91. The fraction of sp³-hybridized carbons (Fsp3) is 0.533. The van der Waals surface area contributed by atoms with E-state index in [0.29, 0.717) is 6.04 Å². The SMILES string of the molecule is CCCNC(Cc1ccn(C(C)C)n1)c1ccoc1Br. The Morgan fingerprint density at radius 3 is 2.75 bits per heavy atom. The summed E-state index contributed by atoms with van der Waals surface area (Å²) < 4.78 is 8.15. The predicted octanol–water partition coefficient (Wildman–Crippen LogP) is 4.10. The lowest BCUT2D eigenvalue weighted by Gasteiger charge is -2.16. The second-order valence-electron chi connectivity index (χ2n) is 5.24. The summed E-state index contributed by atoms with van der Waals surface area (Å²) in [7, 11) is 0. The normalized spacial score (nSPS) is 13.1. The molecule has 0 aliphatic heterocycles. The van der Waals surface area contributed by atoms with Crippen molar-refractivity contribution in [2.45, 2.75) is 45.7 Å². The summed E-state index contributed by atoms with van der Waals surface area (Å²) in [4.78, 5) is 0. The molecule has 0 radical (unpaired) electrons. The van der Waals surface area contributed by atoms with E-state index in [4.69, 9.17) is 4.42 Å². The fourth-order valence-corrected chi connectivity index (χ4v) is 2.66. The van der Waals surface area contributed by atoms with E-state index in [1.165, 1.54) is 0 Å². The zero-order chi connectivity index (χ0) is 14.5. The molecule has 0 spiro atoms. The third-order valence-electron chi connectivity index (χ3n) is 3.27. The van der Waals surface area contributed by atoms with Crippen molar-refractivity contribution in [2.75, 3.05) is 6.54 Å². The van der Waals surface area contributed by atoms with Gasteiger partial charge in [-0.25, -0.2) is 0 Å². The molecule has 0 aromatic carbocycles. The maximum absolute atomic E-state index is 5.36. The molecule has 0 saturated carbocycles. The Hall–Kier alpha value is -1.07. The summed E-state index contributed by atoms with van der Waals surface area (Å²) in [6, 6.07) is 4.72. The average molecular weight is 340 g/mol. The fourth-order valence-electron chi connectivity index (χ4n) is 2.15. The van der Waals surface area contributed by atoms with Crippen LogP contribution >= 0.6 is 15.9 Å². The number of halogens is 1. The molecule has 0 aliphatic rings. The van der Waals surface area contributed by atoms with Gasteiger partial charge in [0.25, 0.3) is 0 Å². The van der Waals surface area contributed by atoms with E-state index in [1.54, 1.807) is 6.26 Å². The highest BCUT2D eigenvalue weighted by Gasteiger charge is 2.18. The highest BCUT2D eigenvalue weighted by atomic mass is 79.9. The van der Waals surface area contributed by atoms with Crippen LogP contribution in [0.1, 0.15) is 50.5 Å². The van der Waals surface area contributed by atoms with Crippen LogP contribution in [0.3, 0.4) is 0 Å². The van der Waals surface area contributed by atoms with Crippen LogP contribution in [-0.2, 0) is 6.42 Å². The molecular formula is C15H22BrN3O. The van der Waals surface area contributed by atoms with Crippen LogP contribution in [0.25, 0.3) is 0 Å². The van der Waals surface area contributed by atoms with Crippen molar-refractivity contribution in [3.63, 3.8) is 0 Å². The molecule has 1 unspecified atom stereocenters. The summed E-state index contributed by atoms with van der Waals surface area (Å²) in [5, 5.41) is 8.19. The van der Waals surface area contributed by atoms with Crippen LogP contribution in [0.2, 0.25) is 0 Å². The first-order chi connectivity index (χ1) is 9.61. The molecule has 20 heavy (non-hydrogen) atoms. The number of hydrogen-bond acceptors (Lipinski definition) is 3. The Labute approximate surface area is 128 Å². The lowest BCUT2D eigenvalue weighted by atomic mass is 10.1. The Morgan fingerprint density at radius 1 is 1.40 bits per heavy atom. The van der Waals surface area contributed by atoms with Gasteiger partial charge in [0.05, 0.1) is 12.0 Å². The van der Waals surface area contributed by atoms with Gasteiger partial charge in [0.15, 0.2) is 4.67 Å². The molecule has 0 bridgehead atoms. The third kappa shape index (κ3) is 3.73. The van der Waals surface area contributed by atoms with Crippen molar-refractivity contribution in [3.8, 4) is 0 Å². The molecule has 0 fully saturated rings. The van der Waals surface area contributed by atoms with Crippen LogP contribution < -0.4 is 5.32 Å². The Morgan fingerprint density at radius 2 is 2.20 bits per heavy atom. The predicted molar refractivity (Wildman–Crippen MR) is 83.8 cm³/mol. The lowest BCUT2D eigenvalue weighted by Crippen LogP contribution is -2.24. The third-order valence-corrected chi connectivity index (χ3v) is 3.91. The summed E-state index contributed by atoms with van der Waals surface area (Å²) in [6.07, 6.45) is 5.72. The van der Waals surface area contributed by atoms with Gasteiger partial charge in [0.2, 0.25) is 0 Å². The van der Waals surface area contributed by atoms with E-state index in [2.05, 4.69) is 53.2 Å². The van der Waals surface area contributed by atoms with Crippen LogP contribution in [-0.4, -0.2) is 16.3 Å². The monoisotopic (exact) mass is 339 g/mol. The molecule has 5 heteroatoms. The highest BCUT2D eigenvalue weighted by Crippen LogP contribution is 2.27. The minimum atomic E-state index is 0.221. The first kappa shape index (κ1) is 15.3. The van der Waals surface area contributed by atoms with Crippen molar-refractivity contribution in [1.29, 1.82) is 0 Å². The van der Waals surface area contributed by atoms with Gasteiger partial charge in [-0.2, -0.15) is 5.10 Å². The number of furan rings is 1. The molecule has 2 rings (SSSR count). The molecule has 4 nitrogen and oxygen atoms in total. The van der Waals surface area contributed by atoms with E-state index in [-0.39, 0.29) is 6.04 Å². The number of nitrogens with one attached hydrogen (secondary N) is 1.